The molecule has 0 N–H and O–H groups in total. The number of nitrogens with zero attached hydrogens (tertiary/aromatic N) is 1. The molecule has 0 fully saturated rings. The third-order valence-corrected chi connectivity index (χ3v) is 16.3. The van der Waals surface area contributed by atoms with Gasteiger partial charge in [-0.3, -0.25) is 0 Å². The Morgan fingerprint density at radius 1 is 0.443 bits per heavy atom. The molecule has 0 saturated heterocycles. The second-order valence-electron chi connectivity index (χ2n) is 18.2. The summed E-state index contributed by atoms with van der Waals surface area (Å²) in [6.07, 6.45) is 20.9. The Balaban J connectivity index is 1.30. The van der Waals surface area contributed by atoms with E-state index in [9.17, 15) is 0 Å². The van der Waals surface area contributed by atoms with Crippen LogP contribution < -0.4 is 4.90 Å². The fraction of sp³-hybridized carbons (Fsp3) is 0.414. The Labute approximate surface area is 386 Å². The third kappa shape index (κ3) is 8.44. The number of aryl methyl sites for hydroxylation is 1. The van der Waals surface area contributed by atoms with Crippen LogP contribution in [0, 0.1) is 2.88 Å². The Hall–Kier alpha value is -3.67. The molecule has 0 bridgehead atoms. The van der Waals surface area contributed by atoms with Crippen LogP contribution in [0.5, 0.6) is 0 Å². The van der Waals surface area contributed by atoms with Gasteiger partial charge in [0, 0.05) is 32.8 Å². The van der Waals surface area contributed by atoms with Crippen molar-refractivity contribution in [3.05, 3.63) is 146 Å². The standard InChI is InChI=1S/C58H68INS/c1-6-11-16-17-22-43-39-55(59)61-56(43)42-27-29-44(30-28-42)60(45-31-33-49-47-23-18-20-25-51(47)57(35-12-7-2,36-13-8-3)53(49)40-45)46-32-34-50-48-24-19-21-26-52(48)58(37-14-9-4,38-15-10-5)54(50)41-46/h18-21,23-34,39-41H,6-17,22,35-38H2,1-5H3. The van der Waals surface area contributed by atoms with E-state index >= 15 is 0 Å². The molecule has 0 aliphatic heterocycles. The van der Waals surface area contributed by atoms with Gasteiger partial charge in [-0.1, -0.05) is 178 Å². The maximum Gasteiger partial charge on any atom is 0.0662 e. The van der Waals surface area contributed by atoms with E-state index in [2.05, 4.69) is 177 Å². The SMILES string of the molecule is CCCCCCc1cc(I)sc1-c1ccc(N(c2ccc3c(c2)C(CCCC)(CCCC)c2ccccc2-3)c2ccc3c(c2)C(CCCC)(CCCC)c2ccccc2-3)cc1. The van der Waals surface area contributed by atoms with Crippen LogP contribution in [0.15, 0.2) is 115 Å². The van der Waals surface area contributed by atoms with E-state index in [0.717, 1.165) is 6.42 Å². The molecule has 8 rings (SSSR count). The van der Waals surface area contributed by atoms with Gasteiger partial charge in [0.05, 0.1) is 2.88 Å². The Morgan fingerprint density at radius 2 is 0.885 bits per heavy atom. The molecule has 0 saturated carbocycles. The van der Waals surface area contributed by atoms with Crippen molar-refractivity contribution in [1.29, 1.82) is 0 Å². The molecule has 0 unspecified atom stereocenters. The summed E-state index contributed by atoms with van der Waals surface area (Å²) < 4.78 is 1.38. The molecule has 318 valence electrons. The van der Waals surface area contributed by atoms with E-state index in [-0.39, 0.29) is 10.8 Å². The minimum atomic E-state index is 0.0301. The monoisotopic (exact) mass is 937 g/mol. The first kappa shape index (κ1) is 44.0. The summed E-state index contributed by atoms with van der Waals surface area (Å²) in [5.41, 5.74) is 18.6. The quantitative estimate of drug-likeness (QED) is 0.0513. The van der Waals surface area contributed by atoms with Crippen molar-refractivity contribution in [3.8, 4) is 32.7 Å². The van der Waals surface area contributed by atoms with Crippen molar-refractivity contribution in [3.63, 3.8) is 0 Å². The van der Waals surface area contributed by atoms with E-state index < -0.39 is 0 Å². The van der Waals surface area contributed by atoms with E-state index in [1.54, 1.807) is 11.1 Å². The highest BCUT2D eigenvalue weighted by molar-refractivity contribution is 14.1. The summed E-state index contributed by atoms with van der Waals surface area (Å²) in [4.78, 5) is 4.05. The molecule has 1 heterocycles. The molecular formula is C58H68INS. The number of thiophene rings is 1. The molecule has 0 atom stereocenters. The Morgan fingerprint density at radius 3 is 1.36 bits per heavy atom. The van der Waals surface area contributed by atoms with Crippen LogP contribution in [0.3, 0.4) is 0 Å². The Kier molecular flexibility index (Phi) is 14.3. The van der Waals surface area contributed by atoms with Gasteiger partial charge in [-0.15, -0.1) is 11.3 Å². The molecule has 2 aliphatic rings. The lowest BCUT2D eigenvalue weighted by Gasteiger charge is -2.35. The number of benzene rings is 5. The average Bonchev–Trinajstić information content (AvgIpc) is 3.90. The maximum absolute atomic E-state index is 2.62. The van der Waals surface area contributed by atoms with Crippen LogP contribution in [0.25, 0.3) is 32.7 Å². The fourth-order valence-corrected chi connectivity index (χ4v) is 13.2. The summed E-state index contributed by atoms with van der Waals surface area (Å²) in [6, 6.07) is 45.8. The summed E-state index contributed by atoms with van der Waals surface area (Å²) in [5, 5.41) is 0. The number of halogens is 1. The third-order valence-electron chi connectivity index (χ3n) is 14.3. The predicted octanol–water partition coefficient (Wildman–Crippen LogP) is 18.9. The van der Waals surface area contributed by atoms with Crippen LogP contribution in [0.2, 0.25) is 0 Å². The summed E-state index contributed by atoms with van der Waals surface area (Å²) in [6.45, 7) is 11.7. The minimum absolute atomic E-state index is 0.0301. The van der Waals surface area contributed by atoms with Gasteiger partial charge >= 0.3 is 0 Å². The molecular weight excluding hydrogens is 870 g/mol. The summed E-state index contributed by atoms with van der Waals surface area (Å²) in [7, 11) is 0. The van der Waals surface area contributed by atoms with Crippen LogP contribution in [-0.4, -0.2) is 0 Å². The van der Waals surface area contributed by atoms with Crippen molar-refractivity contribution in [2.45, 2.75) is 155 Å². The fourth-order valence-electron chi connectivity index (χ4n) is 11.2. The summed E-state index contributed by atoms with van der Waals surface area (Å²) >= 11 is 4.48. The van der Waals surface area contributed by atoms with Gasteiger partial charge in [0.15, 0.2) is 0 Å². The second kappa shape index (κ2) is 19.8. The first-order valence-corrected chi connectivity index (χ1v) is 26.0. The van der Waals surface area contributed by atoms with Crippen molar-refractivity contribution >= 4 is 51.0 Å². The van der Waals surface area contributed by atoms with Gasteiger partial charge in [-0.05, 0) is 159 Å². The lowest BCUT2D eigenvalue weighted by molar-refractivity contribution is 0.414. The molecule has 6 aromatic rings. The zero-order valence-electron chi connectivity index (χ0n) is 37.7. The van der Waals surface area contributed by atoms with Crippen LogP contribution in [0.4, 0.5) is 17.1 Å². The number of rotatable bonds is 21. The van der Waals surface area contributed by atoms with Gasteiger partial charge < -0.3 is 4.90 Å². The number of anilines is 3. The zero-order chi connectivity index (χ0) is 42.4. The topological polar surface area (TPSA) is 3.24 Å². The molecule has 1 nitrogen and oxygen atoms in total. The summed E-state index contributed by atoms with van der Waals surface area (Å²) in [5.74, 6) is 0. The molecule has 1 aromatic heterocycles. The van der Waals surface area contributed by atoms with E-state index in [1.807, 2.05) is 11.3 Å². The van der Waals surface area contributed by atoms with Crippen molar-refractivity contribution in [1.82, 2.24) is 0 Å². The smallest absolute Gasteiger partial charge is 0.0662 e. The highest BCUT2D eigenvalue weighted by atomic mass is 127. The maximum atomic E-state index is 2.62. The lowest BCUT2D eigenvalue weighted by Crippen LogP contribution is -2.26. The predicted molar refractivity (Wildman–Crippen MR) is 276 cm³/mol. The number of hydrogen-bond donors (Lipinski definition) is 0. The molecule has 2 aliphatic carbocycles. The van der Waals surface area contributed by atoms with Crippen molar-refractivity contribution in [2.75, 3.05) is 4.90 Å². The van der Waals surface area contributed by atoms with Gasteiger partial charge in [-0.2, -0.15) is 0 Å². The Bertz CT molecular complexity index is 2270. The van der Waals surface area contributed by atoms with E-state index in [0.29, 0.717) is 0 Å². The molecule has 0 amide bonds. The molecule has 3 heteroatoms. The number of hydrogen-bond acceptors (Lipinski definition) is 2. The van der Waals surface area contributed by atoms with Gasteiger partial charge in [0.25, 0.3) is 0 Å². The van der Waals surface area contributed by atoms with E-state index in [1.165, 1.54) is 172 Å². The average molecular weight is 938 g/mol. The first-order valence-electron chi connectivity index (χ1n) is 24.1. The molecule has 0 spiro atoms. The van der Waals surface area contributed by atoms with Gasteiger partial charge in [0.1, 0.15) is 0 Å². The minimum Gasteiger partial charge on any atom is -0.310 e. The van der Waals surface area contributed by atoms with Crippen molar-refractivity contribution in [2.24, 2.45) is 0 Å². The lowest BCUT2D eigenvalue weighted by atomic mass is 9.70. The van der Waals surface area contributed by atoms with Crippen LogP contribution in [0.1, 0.15) is 165 Å². The zero-order valence-corrected chi connectivity index (χ0v) is 40.7. The van der Waals surface area contributed by atoms with E-state index in [4.69, 9.17) is 0 Å². The molecule has 5 aromatic carbocycles. The highest BCUT2D eigenvalue weighted by Crippen LogP contribution is 2.58. The number of unbranched alkanes of at least 4 members (excludes halogenated alkanes) is 7. The highest BCUT2D eigenvalue weighted by Gasteiger charge is 2.44. The second-order valence-corrected chi connectivity index (χ2v) is 21.2. The number of fused-ring (bicyclic) bond motifs is 6. The van der Waals surface area contributed by atoms with Gasteiger partial charge in [0.2, 0.25) is 0 Å². The van der Waals surface area contributed by atoms with Gasteiger partial charge in [-0.25, -0.2) is 0 Å². The molecule has 0 radical (unpaired) electrons. The first-order chi connectivity index (χ1) is 29.9. The van der Waals surface area contributed by atoms with Crippen LogP contribution in [-0.2, 0) is 17.3 Å². The largest absolute Gasteiger partial charge is 0.310 e. The normalized spacial score (nSPS) is 14.1. The molecule has 61 heavy (non-hydrogen) atoms. The van der Waals surface area contributed by atoms with Crippen molar-refractivity contribution < 1.29 is 0 Å². The van der Waals surface area contributed by atoms with Crippen LogP contribution >= 0.6 is 33.9 Å².